The minimum atomic E-state index is -0.654. The Morgan fingerprint density at radius 3 is 2.43 bits per heavy atom. The predicted octanol–water partition coefficient (Wildman–Crippen LogP) is 6.38. The fraction of sp³-hybridized carbons (Fsp3) is 0.172. The van der Waals surface area contributed by atoms with Gasteiger partial charge in [-0.15, -0.1) is 0 Å². The summed E-state index contributed by atoms with van der Waals surface area (Å²) in [6.45, 7) is 2.17. The molecule has 0 radical (unpaired) electrons. The van der Waals surface area contributed by atoms with Gasteiger partial charge in [-0.1, -0.05) is 36.4 Å². The Bertz CT molecular complexity index is 1490. The molecule has 6 nitrogen and oxygen atoms in total. The van der Waals surface area contributed by atoms with E-state index in [1.54, 1.807) is 13.2 Å². The second-order valence-corrected chi connectivity index (χ2v) is 10.8. The molecule has 0 saturated heterocycles. The number of Topliss-reactive ketones (excluding diaryl/α,β-unsaturated/α-hetero) is 1. The number of ether oxygens (including phenoxy) is 3. The van der Waals surface area contributed by atoms with Gasteiger partial charge in [0.05, 0.1) is 30.0 Å². The Labute approximate surface area is 237 Å². The zero-order valence-corrected chi connectivity index (χ0v) is 24.1. The van der Waals surface area contributed by atoms with Crippen molar-refractivity contribution in [3.8, 4) is 11.5 Å². The lowest BCUT2D eigenvalue weighted by molar-refractivity contribution is -0.136. The predicted molar refractivity (Wildman–Crippen MR) is 152 cm³/mol. The first kappa shape index (κ1) is 25.5. The topological polar surface area (TPSA) is 73.9 Å². The maximum absolute atomic E-state index is 13.6. The lowest BCUT2D eigenvalue weighted by atomic mass is 9.79. The van der Waals surface area contributed by atoms with Gasteiger partial charge in [-0.3, -0.25) is 4.79 Å². The van der Waals surface area contributed by atoms with E-state index in [9.17, 15) is 9.59 Å². The Balaban J connectivity index is 1.60. The summed E-state index contributed by atoms with van der Waals surface area (Å²) in [5.74, 6) is -0.251. The molecule has 0 amide bonds. The van der Waals surface area contributed by atoms with Crippen molar-refractivity contribution in [2.45, 2.75) is 19.4 Å². The normalized spacial score (nSPS) is 16.2. The van der Waals surface area contributed by atoms with Gasteiger partial charge in [-0.25, -0.2) is 4.79 Å². The molecule has 2 aliphatic rings. The molecular formula is C29H23BrINO5. The van der Waals surface area contributed by atoms with Crippen molar-refractivity contribution in [1.29, 1.82) is 0 Å². The van der Waals surface area contributed by atoms with E-state index in [2.05, 4.69) is 43.8 Å². The number of ketones is 1. The summed E-state index contributed by atoms with van der Waals surface area (Å²) >= 11 is 5.90. The Morgan fingerprint density at radius 1 is 1.05 bits per heavy atom. The van der Waals surface area contributed by atoms with Crippen molar-refractivity contribution in [1.82, 2.24) is 5.32 Å². The zero-order valence-electron chi connectivity index (χ0n) is 20.4. The van der Waals surface area contributed by atoms with Crippen molar-refractivity contribution in [2.24, 2.45) is 0 Å². The molecule has 8 heteroatoms. The molecule has 0 fully saturated rings. The molecule has 1 N–H and O–H groups in total. The molecule has 1 atom stereocenters. The lowest BCUT2D eigenvalue weighted by Crippen LogP contribution is -2.29. The van der Waals surface area contributed by atoms with Crippen LogP contribution in [0, 0.1) is 3.57 Å². The quantitative estimate of drug-likeness (QED) is 0.242. The number of esters is 1. The number of methoxy groups -OCH3 is 2. The first-order valence-corrected chi connectivity index (χ1v) is 13.4. The number of carbonyl (C=O) groups excluding carboxylic acids is 2. The van der Waals surface area contributed by atoms with E-state index in [0.29, 0.717) is 56.2 Å². The second-order valence-electron chi connectivity index (χ2n) is 8.70. The number of benzene rings is 3. The summed E-state index contributed by atoms with van der Waals surface area (Å²) < 4.78 is 18.8. The van der Waals surface area contributed by atoms with Gasteiger partial charge < -0.3 is 19.5 Å². The highest BCUT2D eigenvalue weighted by Crippen LogP contribution is 2.49. The van der Waals surface area contributed by atoms with Crippen LogP contribution in [0.25, 0.3) is 5.70 Å². The average molecular weight is 672 g/mol. The molecule has 3 aromatic carbocycles. The molecule has 0 unspecified atom stereocenters. The SMILES string of the molecule is COC(=O)C1=C(C)NC2=C(C(=O)c3ccccc32)[C@H]1c1cc(Br)c(OCc2ccc(I)cc2)c(OC)c1. The van der Waals surface area contributed by atoms with Crippen LogP contribution >= 0.6 is 38.5 Å². The van der Waals surface area contributed by atoms with E-state index >= 15 is 0 Å². The van der Waals surface area contributed by atoms with Crippen molar-refractivity contribution >= 4 is 56.0 Å². The first-order valence-electron chi connectivity index (χ1n) is 11.5. The Morgan fingerprint density at radius 2 is 1.76 bits per heavy atom. The molecule has 188 valence electrons. The third-order valence-electron chi connectivity index (χ3n) is 6.54. The summed E-state index contributed by atoms with van der Waals surface area (Å²) in [6, 6.07) is 19.2. The minimum absolute atomic E-state index is 0.119. The molecule has 5 rings (SSSR count). The van der Waals surface area contributed by atoms with Gasteiger partial charge in [0.1, 0.15) is 6.61 Å². The van der Waals surface area contributed by atoms with Gasteiger partial charge in [-0.2, -0.15) is 0 Å². The van der Waals surface area contributed by atoms with Crippen LogP contribution in [-0.2, 0) is 16.1 Å². The smallest absolute Gasteiger partial charge is 0.336 e. The monoisotopic (exact) mass is 671 g/mol. The molecule has 0 spiro atoms. The zero-order chi connectivity index (χ0) is 26.3. The van der Waals surface area contributed by atoms with Crippen molar-refractivity contribution in [3.05, 3.63) is 108 Å². The van der Waals surface area contributed by atoms with Gasteiger partial charge in [0, 0.05) is 31.9 Å². The van der Waals surface area contributed by atoms with Crippen LogP contribution in [0.15, 0.2) is 82.0 Å². The van der Waals surface area contributed by atoms with Crippen LogP contribution in [0.5, 0.6) is 11.5 Å². The third kappa shape index (κ3) is 4.57. The molecule has 1 heterocycles. The highest BCUT2D eigenvalue weighted by Gasteiger charge is 2.43. The number of nitrogens with one attached hydrogen (secondary N) is 1. The highest BCUT2D eigenvalue weighted by molar-refractivity contribution is 14.1. The number of rotatable bonds is 6. The van der Waals surface area contributed by atoms with Crippen LogP contribution in [-0.4, -0.2) is 26.0 Å². The standard InChI is InChI=1S/C29H23BrINO5/c1-15-23(29(34)36-3)24(25-26(32-15)19-6-4-5-7-20(19)27(25)33)17-12-21(30)28(22(13-17)35-2)37-14-16-8-10-18(31)11-9-16/h4-13,24,32H,14H2,1-3H3/t24-/m0/s1. The van der Waals surface area contributed by atoms with Crippen LogP contribution in [0.2, 0.25) is 0 Å². The van der Waals surface area contributed by atoms with Crippen molar-refractivity contribution in [2.75, 3.05) is 14.2 Å². The number of hydrogen-bond acceptors (Lipinski definition) is 6. The van der Waals surface area contributed by atoms with Gasteiger partial charge in [-0.05, 0) is 80.8 Å². The maximum atomic E-state index is 13.6. The van der Waals surface area contributed by atoms with E-state index in [-0.39, 0.29) is 5.78 Å². The molecule has 3 aromatic rings. The summed E-state index contributed by atoms with van der Waals surface area (Å²) in [7, 11) is 2.90. The van der Waals surface area contributed by atoms with Gasteiger partial charge in [0.25, 0.3) is 0 Å². The largest absolute Gasteiger partial charge is 0.493 e. The molecule has 0 aromatic heterocycles. The Hall–Kier alpha value is -3.11. The van der Waals surface area contributed by atoms with E-state index < -0.39 is 11.9 Å². The second kappa shape index (κ2) is 10.3. The number of fused-ring (bicyclic) bond motifs is 2. The molecule has 1 aliphatic carbocycles. The van der Waals surface area contributed by atoms with Crippen molar-refractivity contribution < 1.29 is 23.8 Å². The fourth-order valence-electron chi connectivity index (χ4n) is 4.83. The van der Waals surface area contributed by atoms with Crippen molar-refractivity contribution in [3.63, 3.8) is 0 Å². The van der Waals surface area contributed by atoms with Gasteiger partial charge >= 0.3 is 5.97 Å². The average Bonchev–Trinajstić information content (AvgIpc) is 3.18. The number of allylic oxidation sites excluding steroid dienone is 2. The van der Waals surface area contributed by atoms with E-state index in [1.165, 1.54) is 7.11 Å². The summed E-state index contributed by atoms with van der Waals surface area (Å²) in [5.41, 5.74) is 5.39. The number of carbonyl (C=O) groups is 2. The Kier molecular flexibility index (Phi) is 7.13. The molecule has 37 heavy (non-hydrogen) atoms. The van der Waals surface area contributed by atoms with Gasteiger partial charge in [0.15, 0.2) is 17.3 Å². The maximum Gasteiger partial charge on any atom is 0.336 e. The molecule has 0 saturated carbocycles. The van der Waals surface area contributed by atoms with E-state index in [4.69, 9.17) is 14.2 Å². The minimum Gasteiger partial charge on any atom is -0.493 e. The number of hydrogen-bond donors (Lipinski definition) is 1. The van der Waals surface area contributed by atoms with Crippen LogP contribution in [0.3, 0.4) is 0 Å². The molecule has 0 bridgehead atoms. The van der Waals surface area contributed by atoms with Gasteiger partial charge in [0.2, 0.25) is 0 Å². The van der Waals surface area contributed by atoms with Crippen LogP contribution in [0.1, 0.15) is 39.9 Å². The number of halogens is 2. The molecular weight excluding hydrogens is 649 g/mol. The first-order chi connectivity index (χ1) is 17.8. The highest BCUT2D eigenvalue weighted by atomic mass is 127. The summed E-state index contributed by atoms with van der Waals surface area (Å²) in [5, 5.41) is 3.30. The summed E-state index contributed by atoms with van der Waals surface area (Å²) in [6.07, 6.45) is 0. The third-order valence-corrected chi connectivity index (χ3v) is 7.84. The lowest BCUT2D eigenvalue weighted by Gasteiger charge is -2.29. The van der Waals surface area contributed by atoms with Crippen LogP contribution < -0.4 is 14.8 Å². The van der Waals surface area contributed by atoms with E-state index in [0.717, 1.165) is 14.7 Å². The fourth-order valence-corrected chi connectivity index (χ4v) is 5.76. The molecule has 1 aliphatic heterocycles. The van der Waals surface area contributed by atoms with Crippen LogP contribution in [0.4, 0.5) is 0 Å². The van der Waals surface area contributed by atoms with E-state index in [1.807, 2.05) is 61.5 Å². The summed E-state index contributed by atoms with van der Waals surface area (Å²) in [4.78, 5) is 26.6. The number of dihydropyridines is 1.